The minimum absolute atomic E-state index is 0.0431. The predicted octanol–water partition coefficient (Wildman–Crippen LogP) is 0.818. The summed E-state index contributed by atoms with van der Waals surface area (Å²) < 4.78 is 27.3. The first kappa shape index (κ1) is 15.6. The van der Waals surface area contributed by atoms with Crippen LogP contribution in [0.2, 0.25) is 0 Å². The van der Waals surface area contributed by atoms with Gasteiger partial charge in [-0.1, -0.05) is 30.3 Å². The van der Waals surface area contributed by atoms with Crippen LogP contribution in [0, 0.1) is 0 Å². The van der Waals surface area contributed by atoms with Gasteiger partial charge >= 0.3 is 5.97 Å². The Bertz CT molecular complexity index is 502. The van der Waals surface area contributed by atoms with E-state index in [-0.39, 0.29) is 25.9 Å². The molecule has 0 fully saturated rings. The normalized spacial score (nSPS) is 11.7. The van der Waals surface area contributed by atoms with Gasteiger partial charge in [0.05, 0.1) is 0 Å². The van der Waals surface area contributed by atoms with E-state index in [4.69, 9.17) is 5.11 Å². The highest BCUT2D eigenvalue weighted by Crippen LogP contribution is 2.02. The molecule has 2 N–H and O–H groups in total. The molecule has 0 amide bonds. The fourth-order valence-corrected chi connectivity index (χ4v) is 2.39. The molecule has 0 aliphatic rings. The van der Waals surface area contributed by atoms with Gasteiger partial charge in [0.2, 0.25) is 0 Å². The summed E-state index contributed by atoms with van der Waals surface area (Å²) in [6, 6.07) is 9.18. The van der Waals surface area contributed by atoms with E-state index in [1.807, 2.05) is 30.3 Å². The van der Waals surface area contributed by atoms with Crippen LogP contribution in [0.4, 0.5) is 0 Å². The Morgan fingerprint density at radius 2 is 1.95 bits per heavy atom. The molecular formula is C12H18N2O4S. The lowest BCUT2D eigenvalue weighted by Crippen LogP contribution is -2.38. The van der Waals surface area contributed by atoms with Gasteiger partial charge in [0, 0.05) is 26.6 Å². The van der Waals surface area contributed by atoms with Crippen LogP contribution >= 0.6 is 0 Å². The predicted molar refractivity (Wildman–Crippen MR) is 71.7 cm³/mol. The maximum atomic E-state index is 11.8. The molecule has 7 heteroatoms. The van der Waals surface area contributed by atoms with E-state index in [0.717, 1.165) is 9.87 Å². The van der Waals surface area contributed by atoms with Gasteiger partial charge in [-0.2, -0.15) is 17.4 Å². The molecule has 1 aromatic rings. The Morgan fingerprint density at radius 1 is 1.32 bits per heavy atom. The number of carboxylic acids is 1. The van der Waals surface area contributed by atoms with Gasteiger partial charge in [-0.25, -0.2) is 0 Å². The highest BCUT2D eigenvalue weighted by Gasteiger charge is 2.16. The van der Waals surface area contributed by atoms with Gasteiger partial charge in [-0.05, 0) is 12.0 Å². The average Bonchev–Trinajstić information content (AvgIpc) is 2.37. The molecule has 0 aromatic heterocycles. The number of hydrogen-bond acceptors (Lipinski definition) is 3. The van der Waals surface area contributed by atoms with E-state index in [9.17, 15) is 13.2 Å². The van der Waals surface area contributed by atoms with Crippen molar-refractivity contribution in [2.24, 2.45) is 0 Å². The van der Waals surface area contributed by atoms with E-state index in [1.54, 1.807) is 0 Å². The minimum atomic E-state index is -3.57. The monoisotopic (exact) mass is 286 g/mol. The number of nitrogens with one attached hydrogen (secondary N) is 1. The Hall–Kier alpha value is -1.44. The van der Waals surface area contributed by atoms with Crippen molar-refractivity contribution in [3.05, 3.63) is 35.9 Å². The lowest BCUT2D eigenvalue weighted by atomic mass is 10.2. The summed E-state index contributed by atoms with van der Waals surface area (Å²) >= 11 is 0. The minimum Gasteiger partial charge on any atom is -0.481 e. The van der Waals surface area contributed by atoms with Crippen LogP contribution in [-0.2, 0) is 21.5 Å². The van der Waals surface area contributed by atoms with Gasteiger partial charge in [-0.15, -0.1) is 0 Å². The zero-order valence-electron chi connectivity index (χ0n) is 10.7. The summed E-state index contributed by atoms with van der Waals surface area (Å²) in [6.07, 6.45) is 0.247. The lowest BCUT2D eigenvalue weighted by molar-refractivity contribution is -0.137. The third-order valence-electron chi connectivity index (χ3n) is 2.58. The Kier molecular flexibility index (Phi) is 5.94. The van der Waals surface area contributed by atoms with Crippen molar-refractivity contribution in [2.75, 3.05) is 13.6 Å². The van der Waals surface area contributed by atoms with Gasteiger partial charge in [0.15, 0.2) is 0 Å². The number of carboxylic acid groups (broad SMARTS) is 1. The van der Waals surface area contributed by atoms with Gasteiger partial charge in [0.1, 0.15) is 0 Å². The first-order chi connectivity index (χ1) is 8.92. The van der Waals surface area contributed by atoms with E-state index in [0.29, 0.717) is 0 Å². The number of rotatable bonds is 8. The number of nitrogens with zero attached hydrogens (tertiary/aromatic N) is 1. The third kappa shape index (κ3) is 5.82. The smallest absolute Gasteiger partial charge is 0.303 e. The van der Waals surface area contributed by atoms with Crippen LogP contribution in [0.1, 0.15) is 18.4 Å². The summed E-state index contributed by atoms with van der Waals surface area (Å²) in [5.41, 5.74) is 0.866. The highest BCUT2D eigenvalue weighted by atomic mass is 32.2. The van der Waals surface area contributed by atoms with Crippen molar-refractivity contribution in [1.82, 2.24) is 9.03 Å². The molecule has 1 aromatic carbocycles. The first-order valence-corrected chi connectivity index (χ1v) is 7.32. The fraction of sp³-hybridized carbons (Fsp3) is 0.417. The maximum Gasteiger partial charge on any atom is 0.303 e. The second-order valence-electron chi connectivity index (χ2n) is 4.13. The molecule has 0 aliphatic heterocycles. The van der Waals surface area contributed by atoms with Crippen LogP contribution < -0.4 is 4.72 Å². The SMILES string of the molecule is CN(CCCC(=O)O)S(=O)(=O)NCc1ccccc1. The molecule has 6 nitrogen and oxygen atoms in total. The van der Waals surface area contributed by atoms with Crippen molar-refractivity contribution >= 4 is 16.2 Å². The quantitative estimate of drug-likeness (QED) is 0.740. The molecule has 106 valence electrons. The molecule has 0 radical (unpaired) electrons. The van der Waals surface area contributed by atoms with Crippen molar-refractivity contribution < 1.29 is 18.3 Å². The number of hydrogen-bond donors (Lipinski definition) is 2. The molecule has 0 heterocycles. The van der Waals surface area contributed by atoms with E-state index in [2.05, 4.69) is 4.72 Å². The molecule has 0 aliphatic carbocycles. The van der Waals surface area contributed by atoms with Gasteiger partial charge in [0.25, 0.3) is 10.2 Å². The van der Waals surface area contributed by atoms with Gasteiger partial charge in [-0.3, -0.25) is 4.79 Å². The molecule has 0 saturated carbocycles. The van der Waals surface area contributed by atoms with Crippen molar-refractivity contribution in [1.29, 1.82) is 0 Å². The lowest BCUT2D eigenvalue weighted by Gasteiger charge is -2.17. The third-order valence-corrected chi connectivity index (χ3v) is 4.09. The molecule has 1 rings (SSSR count). The summed E-state index contributed by atoms with van der Waals surface area (Å²) in [5, 5.41) is 8.50. The molecule has 0 spiro atoms. The largest absolute Gasteiger partial charge is 0.481 e. The van der Waals surface area contributed by atoms with E-state index < -0.39 is 16.2 Å². The summed E-state index contributed by atoms with van der Waals surface area (Å²) in [6.45, 7) is 0.392. The molecule has 0 unspecified atom stereocenters. The fourth-order valence-electron chi connectivity index (χ4n) is 1.45. The van der Waals surface area contributed by atoms with Crippen LogP contribution in [0.15, 0.2) is 30.3 Å². The van der Waals surface area contributed by atoms with Crippen LogP contribution in [0.25, 0.3) is 0 Å². The number of carbonyl (C=O) groups is 1. The second kappa shape index (κ2) is 7.22. The second-order valence-corrected chi connectivity index (χ2v) is 5.99. The topological polar surface area (TPSA) is 86.7 Å². The van der Waals surface area contributed by atoms with Crippen molar-refractivity contribution in [3.8, 4) is 0 Å². The number of aliphatic carboxylic acids is 1. The number of benzene rings is 1. The van der Waals surface area contributed by atoms with E-state index in [1.165, 1.54) is 7.05 Å². The van der Waals surface area contributed by atoms with Crippen molar-refractivity contribution in [3.63, 3.8) is 0 Å². The highest BCUT2D eigenvalue weighted by molar-refractivity contribution is 7.87. The standard InChI is InChI=1S/C12H18N2O4S/c1-14(9-5-8-12(15)16)19(17,18)13-10-11-6-3-2-4-7-11/h2-4,6-7,13H,5,8-10H2,1H3,(H,15,16). The zero-order chi connectivity index (χ0) is 14.3. The zero-order valence-corrected chi connectivity index (χ0v) is 11.6. The van der Waals surface area contributed by atoms with Crippen LogP contribution in [-0.4, -0.2) is 37.4 Å². The summed E-state index contributed by atoms with van der Waals surface area (Å²) in [5.74, 6) is -0.928. The first-order valence-electron chi connectivity index (χ1n) is 5.88. The molecular weight excluding hydrogens is 268 g/mol. The summed E-state index contributed by atoms with van der Waals surface area (Å²) in [4.78, 5) is 10.4. The molecule has 0 bridgehead atoms. The molecule has 19 heavy (non-hydrogen) atoms. The molecule has 0 saturated heterocycles. The molecule has 0 atom stereocenters. The van der Waals surface area contributed by atoms with Gasteiger partial charge < -0.3 is 5.11 Å². The van der Waals surface area contributed by atoms with Crippen LogP contribution in [0.5, 0.6) is 0 Å². The Balaban J connectivity index is 2.44. The van der Waals surface area contributed by atoms with Crippen LogP contribution in [0.3, 0.4) is 0 Å². The maximum absolute atomic E-state index is 11.8. The Labute approximate surface area is 113 Å². The average molecular weight is 286 g/mol. The summed E-state index contributed by atoms with van der Waals surface area (Å²) in [7, 11) is -2.14. The van der Waals surface area contributed by atoms with Crippen molar-refractivity contribution in [2.45, 2.75) is 19.4 Å². The Morgan fingerprint density at radius 3 is 2.53 bits per heavy atom. The van der Waals surface area contributed by atoms with E-state index >= 15 is 0 Å².